The molecule has 1 heterocycles. The zero-order valence-corrected chi connectivity index (χ0v) is 11.3. The first-order valence-electron chi connectivity index (χ1n) is 6.24. The molecule has 0 bridgehead atoms. The van der Waals surface area contributed by atoms with E-state index in [0.717, 1.165) is 23.1 Å². The van der Waals surface area contributed by atoms with Crippen molar-refractivity contribution < 1.29 is 4.74 Å². The minimum atomic E-state index is 0.720. The highest BCUT2D eigenvalue weighted by molar-refractivity contribution is 6.32. The fraction of sp³-hybridized carbons (Fsp3) is 0.571. The summed E-state index contributed by atoms with van der Waals surface area (Å²) in [5.74, 6) is 1.60. The van der Waals surface area contributed by atoms with Crippen LogP contribution in [0.5, 0.6) is 5.75 Å². The Labute approximate surface area is 108 Å². The third-order valence-corrected chi connectivity index (χ3v) is 3.89. The van der Waals surface area contributed by atoms with Crippen LogP contribution in [0, 0.1) is 12.8 Å². The van der Waals surface area contributed by atoms with Crippen molar-refractivity contribution in [2.45, 2.75) is 26.2 Å². The van der Waals surface area contributed by atoms with Gasteiger partial charge >= 0.3 is 0 Å². The molecular formula is C14H20ClNO. The normalized spacial score (nSPS) is 19.6. The minimum absolute atomic E-state index is 0.720. The Morgan fingerprint density at radius 1 is 1.47 bits per heavy atom. The summed E-state index contributed by atoms with van der Waals surface area (Å²) in [6.07, 6.45) is 3.67. The minimum Gasteiger partial charge on any atom is -0.495 e. The standard InChI is InChI=1S/C14H20ClNO/c1-10-7-14(17-2)13(15)8-12(10)4-3-11-5-6-16-9-11/h7-8,11,16H,3-6,9H2,1-2H3. The van der Waals surface area contributed by atoms with Crippen LogP contribution in [-0.2, 0) is 6.42 Å². The van der Waals surface area contributed by atoms with Crippen molar-refractivity contribution in [3.63, 3.8) is 0 Å². The van der Waals surface area contributed by atoms with Gasteiger partial charge in [-0.25, -0.2) is 0 Å². The lowest BCUT2D eigenvalue weighted by atomic mass is 9.96. The van der Waals surface area contributed by atoms with Gasteiger partial charge in [-0.2, -0.15) is 0 Å². The maximum absolute atomic E-state index is 6.16. The molecule has 2 rings (SSSR count). The Morgan fingerprint density at radius 2 is 2.29 bits per heavy atom. The molecule has 1 aromatic carbocycles. The molecule has 0 aliphatic carbocycles. The van der Waals surface area contributed by atoms with Gasteiger partial charge in [0, 0.05) is 0 Å². The van der Waals surface area contributed by atoms with Crippen molar-refractivity contribution in [1.29, 1.82) is 0 Å². The summed E-state index contributed by atoms with van der Waals surface area (Å²) in [6.45, 7) is 4.47. The van der Waals surface area contributed by atoms with E-state index in [4.69, 9.17) is 16.3 Å². The highest BCUT2D eigenvalue weighted by atomic mass is 35.5. The average Bonchev–Trinajstić information content (AvgIpc) is 2.82. The van der Waals surface area contributed by atoms with Gasteiger partial charge in [0.15, 0.2) is 0 Å². The zero-order chi connectivity index (χ0) is 12.3. The smallest absolute Gasteiger partial charge is 0.137 e. The summed E-state index contributed by atoms with van der Waals surface area (Å²) in [4.78, 5) is 0. The molecule has 1 atom stereocenters. The molecule has 1 fully saturated rings. The van der Waals surface area contributed by atoms with E-state index in [1.54, 1.807) is 7.11 Å². The van der Waals surface area contributed by atoms with E-state index in [-0.39, 0.29) is 0 Å². The number of halogens is 1. The van der Waals surface area contributed by atoms with Gasteiger partial charge in [0.05, 0.1) is 12.1 Å². The molecule has 0 amide bonds. The molecule has 0 radical (unpaired) electrons. The van der Waals surface area contributed by atoms with Gasteiger partial charge in [0.2, 0.25) is 0 Å². The second kappa shape index (κ2) is 5.74. The van der Waals surface area contributed by atoms with Gasteiger partial charge in [-0.3, -0.25) is 0 Å². The van der Waals surface area contributed by atoms with Crippen LogP contribution < -0.4 is 10.1 Å². The molecule has 1 N–H and O–H groups in total. The number of ether oxygens (including phenoxy) is 1. The molecule has 1 aliphatic rings. The van der Waals surface area contributed by atoms with Gasteiger partial charge in [0.25, 0.3) is 0 Å². The molecule has 3 heteroatoms. The molecule has 1 unspecified atom stereocenters. The molecule has 1 aliphatic heterocycles. The van der Waals surface area contributed by atoms with Gasteiger partial charge in [-0.05, 0) is 68.5 Å². The molecule has 94 valence electrons. The molecule has 1 aromatic rings. The lowest BCUT2D eigenvalue weighted by Gasteiger charge is -2.12. The largest absolute Gasteiger partial charge is 0.495 e. The quantitative estimate of drug-likeness (QED) is 0.890. The van der Waals surface area contributed by atoms with Crippen molar-refractivity contribution in [3.8, 4) is 5.75 Å². The average molecular weight is 254 g/mol. The van der Waals surface area contributed by atoms with Crippen LogP contribution in [-0.4, -0.2) is 20.2 Å². The van der Waals surface area contributed by atoms with E-state index in [2.05, 4.69) is 18.3 Å². The van der Waals surface area contributed by atoms with Crippen LogP contribution in [0.25, 0.3) is 0 Å². The summed E-state index contributed by atoms with van der Waals surface area (Å²) in [5, 5.41) is 4.13. The Bertz CT molecular complexity index is 386. The second-order valence-corrected chi connectivity index (χ2v) is 5.22. The fourth-order valence-electron chi connectivity index (χ4n) is 2.44. The van der Waals surface area contributed by atoms with E-state index in [1.807, 2.05) is 6.07 Å². The van der Waals surface area contributed by atoms with Gasteiger partial charge in [-0.15, -0.1) is 0 Å². The van der Waals surface area contributed by atoms with Crippen LogP contribution in [0.3, 0.4) is 0 Å². The monoisotopic (exact) mass is 253 g/mol. The number of rotatable bonds is 4. The van der Waals surface area contributed by atoms with Crippen molar-refractivity contribution in [2.24, 2.45) is 5.92 Å². The first kappa shape index (κ1) is 12.7. The van der Waals surface area contributed by atoms with Crippen LogP contribution in [0.2, 0.25) is 5.02 Å². The lowest BCUT2D eigenvalue weighted by Crippen LogP contribution is -2.09. The van der Waals surface area contributed by atoms with E-state index < -0.39 is 0 Å². The molecular weight excluding hydrogens is 234 g/mol. The number of hydrogen-bond donors (Lipinski definition) is 1. The third-order valence-electron chi connectivity index (χ3n) is 3.59. The lowest BCUT2D eigenvalue weighted by molar-refractivity contribution is 0.414. The topological polar surface area (TPSA) is 21.3 Å². The predicted molar refractivity (Wildman–Crippen MR) is 72.0 cm³/mol. The van der Waals surface area contributed by atoms with Crippen LogP contribution in [0.1, 0.15) is 24.0 Å². The summed E-state index contributed by atoms with van der Waals surface area (Å²) in [7, 11) is 1.66. The fourth-order valence-corrected chi connectivity index (χ4v) is 2.71. The van der Waals surface area contributed by atoms with E-state index in [9.17, 15) is 0 Å². The Balaban J connectivity index is 2.02. The number of nitrogens with one attached hydrogen (secondary N) is 1. The maximum atomic E-state index is 6.16. The summed E-state index contributed by atoms with van der Waals surface area (Å²) in [5.41, 5.74) is 2.62. The van der Waals surface area contributed by atoms with Crippen molar-refractivity contribution in [2.75, 3.05) is 20.2 Å². The summed E-state index contributed by atoms with van der Waals surface area (Å²) >= 11 is 6.16. The number of methoxy groups -OCH3 is 1. The summed E-state index contributed by atoms with van der Waals surface area (Å²) < 4.78 is 5.22. The number of aryl methyl sites for hydroxylation is 2. The molecule has 0 saturated carbocycles. The van der Waals surface area contributed by atoms with Gasteiger partial charge in [0.1, 0.15) is 5.75 Å². The van der Waals surface area contributed by atoms with Crippen molar-refractivity contribution in [3.05, 3.63) is 28.3 Å². The number of hydrogen-bond acceptors (Lipinski definition) is 2. The highest BCUT2D eigenvalue weighted by Crippen LogP contribution is 2.29. The summed E-state index contributed by atoms with van der Waals surface area (Å²) in [6, 6.07) is 4.09. The van der Waals surface area contributed by atoms with E-state index >= 15 is 0 Å². The Kier molecular flexibility index (Phi) is 4.30. The van der Waals surface area contributed by atoms with Gasteiger partial charge in [-0.1, -0.05) is 11.6 Å². The number of benzene rings is 1. The molecule has 17 heavy (non-hydrogen) atoms. The van der Waals surface area contributed by atoms with Crippen molar-refractivity contribution in [1.82, 2.24) is 5.32 Å². The first-order valence-corrected chi connectivity index (χ1v) is 6.62. The van der Waals surface area contributed by atoms with Crippen LogP contribution in [0.4, 0.5) is 0 Å². The Morgan fingerprint density at radius 3 is 2.94 bits per heavy atom. The Hall–Kier alpha value is -0.730. The van der Waals surface area contributed by atoms with Gasteiger partial charge < -0.3 is 10.1 Å². The molecule has 1 saturated heterocycles. The van der Waals surface area contributed by atoms with Crippen molar-refractivity contribution >= 4 is 11.6 Å². The van der Waals surface area contributed by atoms with Crippen LogP contribution >= 0.6 is 11.6 Å². The second-order valence-electron chi connectivity index (χ2n) is 4.81. The maximum Gasteiger partial charge on any atom is 0.137 e. The SMILES string of the molecule is COc1cc(C)c(CCC2CCNC2)cc1Cl. The molecule has 0 spiro atoms. The first-order chi connectivity index (χ1) is 8.20. The molecule has 0 aromatic heterocycles. The van der Waals surface area contributed by atoms with E-state index in [1.165, 1.54) is 37.1 Å². The van der Waals surface area contributed by atoms with Crippen LogP contribution in [0.15, 0.2) is 12.1 Å². The van der Waals surface area contributed by atoms with E-state index in [0.29, 0.717) is 0 Å². The zero-order valence-electron chi connectivity index (χ0n) is 10.6. The predicted octanol–water partition coefficient (Wildman–Crippen LogP) is 3.20. The highest BCUT2D eigenvalue weighted by Gasteiger charge is 2.15. The molecule has 2 nitrogen and oxygen atoms in total. The third kappa shape index (κ3) is 3.14.